The molecule has 2 aromatic rings. The molecule has 1 unspecified atom stereocenters. The molecule has 7 heteroatoms. The first-order valence-corrected chi connectivity index (χ1v) is 10.2. The number of carbonyl (C=O) groups is 4. The summed E-state index contributed by atoms with van der Waals surface area (Å²) in [5.74, 6) is -2.30. The summed E-state index contributed by atoms with van der Waals surface area (Å²) in [6.45, 7) is 7.07. The number of ether oxygens (including phenoxy) is 1. The second-order valence-electron chi connectivity index (χ2n) is 8.15. The maximum absolute atomic E-state index is 12.8. The van der Waals surface area contributed by atoms with Gasteiger partial charge in [0.25, 0.3) is 17.7 Å². The van der Waals surface area contributed by atoms with Crippen LogP contribution in [-0.2, 0) is 14.3 Å². The van der Waals surface area contributed by atoms with Gasteiger partial charge in [-0.05, 0) is 49.9 Å². The molecular formula is C24H26N2O5. The molecule has 0 radical (unpaired) electrons. The van der Waals surface area contributed by atoms with E-state index in [1.54, 1.807) is 30.3 Å². The molecule has 3 rings (SSSR count). The van der Waals surface area contributed by atoms with Crippen LogP contribution in [-0.4, -0.2) is 41.2 Å². The molecule has 0 fully saturated rings. The second-order valence-corrected chi connectivity index (χ2v) is 8.15. The van der Waals surface area contributed by atoms with Gasteiger partial charge in [-0.1, -0.05) is 43.7 Å². The molecule has 1 atom stereocenters. The molecule has 0 saturated carbocycles. The maximum atomic E-state index is 12.8. The van der Waals surface area contributed by atoms with Gasteiger partial charge in [0.2, 0.25) is 0 Å². The number of aryl methyl sites for hydroxylation is 2. The van der Waals surface area contributed by atoms with Gasteiger partial charge in [0.1, 0.15) is 6.04 Å². The first kappa shape index (κ1) is 22.2. The first-order valence-electron chi connectivity index (χ1n) is 10.2. The molecule has 31 heavy (non-hydrogen) atoms. The molecule has 0 bridgehead atoms. The highest BCUT2D eigenvalue weighted by Gasteiger charge is 2.43. The molecule has 1 aliphatic rings. The van der Waals surface area contributed by atoms with Crippen LogP contribution in [0.1, 0.15) is 52.1 Å². The zero-order chi connectivity index (χ0) is 22.7. The van der Waals surface area contributed by atoms with Gasteiger partial charge < -0.3 is 10.1 Å². The van der Waals surface area contributed by atoms with Gasteiger partial charge in [-0.25, -0.2) is 4.79 Å². The van der Waals surface area contributed by atoms with Gasteiger partial charge in [0.15, 0.2) is 6.61 Å². The molecule has 162 valence electrons. The van der Waals surface area contributed by atoms with Gasteiger partial charge in [0, 0.05) is 5.69 Å². The monoisotopic (exact) mass is 422 g/mol. The van der Waals surface area contributed by atoms with E-state index >= 15 is 0 Å². The minimum atomic E-state index is -1.10. The van der Waals surface area contributed by atoms with E-state index in [1.165, 1.54) is 0 Å². The van der Waals surface area contributed by atoms with Gasteiger partial charge >= 0.3 is 5.97 Å². The predicted octanol–water partition coefficient (Wildman–Crippen LogP) is 3.50. The Morgan fingerprint density at radius 2 is 1.61 bits per heavy atom. The highest BCUT2D eigenvalue weighted by atomic mass is 16.5. The van der Waals surface area contributed by atoms with Crippen LogP contribution in [0.2, 0.25) is 0 Å². The highest BCUT2D eigenvalue weighted by Crippen LogP contribution is 2.27. The van der Waals surface area contributed by atoms with Gasteiger partial charge in [-0.2, -0.15) is 0 Å². The summed E-state index contributed by atoms with van der Waals surface area (Å²) in [5.41, 5.74) is 3.12. The molecular weight excluding hydrogens is 396 g/mol. The van der Waals surface area contributed by atoms with Crippen molar-refractivity contribution in [1.29, 1.82) is 0 Å². The molecule has 0 saturated heterocycles. The number of nitrogens with one attached hydrogen (secondary N) is 1. The van der Waals surface area contributed by atoms with E-state index in [-0.39, 0.29) is 23.5 Å². The van der Waals surface area contributed by atoms with Crippen LogP contribution in [0.3, 0.4) is 0 Å². The molecule has 1 N–H and O–H groups in total. The van der Waals surface area contributed by atoms with Gasteiger partial charge in [-0.3, -0.25) is 19.3 Å². The van der Waals surface area contributed by atoms with E-state index in [9.17, 15) is 19.2 Å². The van der Waals surface area contributed by atoms with E-state index in [2.05, 4.69) is 5.32 Å². The molecule has 0 aromatic heterocycles. The Labute approximate surface area is 181 Å². The minimum Gasteiger partial charge on any atom is -0.454 e. The van der Waals surface area contributed by atoms with E-state index in [4.69, 9.17) is 4.74 Å². The Morgan fingerprint density at radius 1 is 1.00 bits per heavy atom. The lowest BCUT2D eigenvalue weighted by molar-refractivity contribution is -0.151. The van der Waals surface area contributed by atoms with Crippen molar-refractivity contribution < 1.29 is 23.9 Å². The highest BCUT2D eigenvalue weighted by molar-refractivity contribution is 6.22. The quantitative estimate of drug-likeness (QED) is 0.545. The average molecular weight is 422 g/mol. The topological polar surface area (TPSA) is 92.8 Å². The minimum absolute atomic E-state index is 0.0193. The van der Waals surface area contributed by atoms with Crippen LogP contribution in [0.4, 0.5) is 5.69 Å². The first-order chi connectivity index (χ1) is 14.7. The maximum Gasteiger partial charge on any atom is 0.329 e. The molecule has 0 aliphatic carbocycles. The number of fused-ring (bicyclic) bond motifs is 1. The van der Waals surface area contributed by atoms with Gasteiger partial charge in [0.05, 0.1) is 11.1 Å². The van der Waals surface area contributed by atoms with Crippen LogP contribution in [0.15, 0.2) is 42.5 Å². The fraction of sp³-hybridized carbons (Fsp3) is 0.333. The summed E-state index contributed by atoms with van der Waals surface area (Å²) < 4.78 is 5.21. The lowest BCUT2D eigenvalue weighted by Crippen LogP contribution is -2.46. The molecule has 2 aromatic carbocycles. The Balaban J connectivity index is 1.70. The van der Waals surface area contributed by atoms with Crippen molar-refractivity contribution >= 4 is 29.4 Å². The molecule has 1 aliphatic heterocycles. The lowest BCUT2D eigenvalue weighted by Gasteiger charge is -2.25. The number of hydrogen-bond acceptors (Lipinski definition) is 5. The Bertz CT molecular complexity index is 1010. The molecule has 0 spiro atoms. The molecule has 1 heterocycles. The Kier molecular flexibility index (Phi) is 6.53. The van der Waals surface area contributed by atoms with Gasteiger partial charge in [-0.15, -0.1) is 0 Å². The largest absolute Gasteiger partial charge is 0.454 e. The van der Waals surface area contributed by atoms with Crippen LogP contribution >= 0.6 is 0 Å². The van der Waals surface area contributed by atoms with Crippen molar-refractivity contribution in [2.24, 2.45) is 5.92 Å². The number of hydrogen-bond donors (Lipinski definition) is 1. The van der Waals surface area contributed by atoms with Crippen molar-refractivity contribution in [1.82, 2.24) is 4.90 Å². The average Bonchev–Trinajstić information content (AvgIpc) is 2.97. The predicted molar refractivity (Wildman–Crippen MR) is 116 cm³/mol. The lowest BCUT2D eigenvalue weighted by atomic mass is 10.0. The number of imide groups is 1. The van der Waals surface area contributed by atoms with Crippen LogP contribution in [0.5, 0.6) is 0 Å². The van der Waals surface area contributed by atoms with Crippen molar-refractivity contribution in [3.63, 3.8) is 0 Å². The van der Waals surface area contributed by atoms with Crippen molar-refractivity contribution in [2.75, 3.05) is 11.9 Å². The van der Waals surface area contributed by atoms with E-state index in [1.807, 2.05) is 39.8 Å². The van der Waals surface area contributed by atoms with E-state index in [0.717, 1.165) is 16.0 Å². The number of nitrogens with zero attached hydrogens (tertiary/aromatic N) is 1. The summed E-state index contributed by atoms with van der Waals surface area (Å²) in [4.78, 5) is 51.7. The molecule has 7 nitrogen and oxygen atoms in total. The third kappa shape index (κ3) is 4.82. The Morgan fingerprint density at radius 3 is 2.16 bits per heavy atom. The third-order valence-corrected chi connectivity index (χ3v) is 5.11. The fourth-order valence-electron chi connectivity index (χ4n) is 3.62. The summed E-state index contributed by atoms with van der Waals surface area (Å²) in [5, 5.41) is 2.71. The van der Waals surface area contributed by atoms with Crippen LogP contribution < -0.4 is 5.32 Å². The fourth-order valence-corrected chi connectivity index (χ4v) is 3.62. The number of rotatable bonds is 7. The van der Waals surface area contributed by atoms with Crippen molar-refractivity contribution in [3.05, 3.63) is 64.7 Å². The normalized spacial score (nSPS) is 13.9. The number of esters is 1. The number of carbonyl (C=O) groups excluding carboxylic acids is 4. The van der Waals surface area contributed by atoms with E-state index in [0.29, 0.717) is 5.69 Å². The SMILES string of the molecule is Cc1ccc(NC(=O)COC(=O)C(CC(C)C)N2C(=O)c3ccccc3C2=O)c(C)c1. The second kappa shape index (κ2) is 9.12. The third-order valence-electron chi connectivity index (χ3n) is 5.11. The standard InChI is InChI=1S/C24H26N2O5/c1-14(2)11-20(26-22(28)17-7-5-6-8-18(17)23(26)29)24(30)31-13-21(27)25-19-10-9-15(3)12-16(19)4/h5-10,12,14,20H,11,13H2,1-4H3,(H,25,27). The van der Waals surface area contributed by atoms with Crippen molar-refractivity contribution in [2.45, 2.75) is 40.2 Å². The zero-order valence-corrected chi connectivity index (χ0v) is 18.1. The zero-order valence-electron chi connectivity index (χ0n) is 18.1. The van der Waals surface area contributed by atoms with E-state index < -0.39 is 36.3 Å². The number of benzene rings is 2. The summed E-state index contributed by atoms with van der Waals surface area (Å²) in [7, 11) is 0. The van der Waals surface area contributed by atoms with Crippen molar-refractivity contribution in [3.8, 4) is 0 Å². The summed E-state index contributed by atoms with van der Waals surface area (Å²) in [6.07, 6.45) is 0.239. The Hall–Kier alpha value is -3.48. The summed E-state index contributed by atoms with van der Waals surface area (Å²) >= 11 is 0. The number of amides is 3. The van der Waals surface area contributed by atoms with Crippen LogP contribution in [0, 0.1) is 19.8 Å². The van der Waals surface area contributed by atoms with Crippen LogP contribution in [0.25, 0.3) is 0 Å². The number of anilines is 1. The summed E-state index contributed by atoms with van der Waals surface area (Å²) in [6, 6.07) is 10.9. The molecule has 3 amide bonds. The smallest absolute Gasteiger partial charge is 0.329 e.